The van der Waals surface area contributed by atoms with Crippen LogP contribution in [0.5, 0.6) is 0 Å². The molecule has 1 atom stereocenters. The van der Waals surface area contributed by atoms with Gasteiger partial charge in [0, 0.05) is 24.1 Å². The molecular formula is C9H13BrN2O3. The Hall–Kier alpha value is -0.880. The standard InChI is InChI=1S/C9H13BrN2O3/c1-6(10)5-12-3-2-11-9(15)7(12)4-8(13)14/h7H,1-5H2,(H,11,15)(H,13,14). The van der Waals surface area contributed by atoms with E-state index in [9.17, 15) is 9.59 Å². The number of rotatable bonds is 4. The van der Waals surface area contributed by atoms with Crippen LogP contribution in [0.3, 0.4) is 0 Å². The number of carbonyl (C=O) groups excluding carboxylic acids is 1. The van der Waals surface area contributed by atoms with Crippen molar-refractivity contribution >= 4 is 27.8 Å². The molecule has 0 bridgehead atoms. The second-order valence-corrected chi connectivity index (χ2v) is 4.51. The number of nitrogens with one attached hydrogen (secondary N) is 1. The molecule has 15 heavy (non-hydrogen) atoms. The van der Waals surface area contributed by atoms with Crippen LogP contribution in [-0.2, 0) is 9.59 Å². The summed E-state index contributed by atoms with van der Waals surface area (Å²) in [7, 11) is 0. The van der Waals surface area contributed by atoms with E-state index >= 15 is 0 Å². The van der Waals surface area contributed by atoms with Gasteiger partial charge in [-0.2, -0.15) is 0 Å². The highest BCUT2D eigenvalue weighted by atomic mass is 79.9. The van der Waals surface area contributed by atoms with Crippen LogP contribution in [0.15, 0.2) is 11.1 Å². The number of aliphatic carboxylic acids is 1. The average Bonchev–Trinajstić information content (AvgIpc) is 2.09. The zero-order chi connectivity index (χ0) is 11.4. The van der Waals surface area contributed by atoms with E-state index in [2.05, 4.69) is 27.8 Å². The van der Waals surface area contributed by atoms with Crippen LogP contribution in [0.4, 0.5) is 0 Å². The molecule has 1 heterocycles. The fourth-order valence-electron chi connectivity index (χ4n) is 1.56. The van der Waals surface area contributed by atoms with Crippen LogP contribution >= 0.6 is 15.9 Å². The Bertz CT molecular complexity index is 293. The van der Waals surface area contributed by atoms with Crippen molar-refractivity contribution < 1.29 is 14.7 Å². The van der Waals surface area contributed by atoms with E-state index in [1.807, 2.05) is 4.90 Å². The Labute approximate surface area is 96.3 Å². The Balaban J connectivity index is 2.67. The number of piperazine rings is 1. The van der Waals surface area contributed by atoms with Gasteiger partial charge in [-0.05, 0) is 0 Å². The maximum absolute atomic E-state index is 11.5. The molecule has 1 fully saturated rings. The first kappa shape index (κ1) is 12.2. The lowest BCUT2D eigenvalue weighted by atomic mass is 10.1. The minimum absolute atomic E-state index is 0.174. The predicted molar refractivity (Wildman–Crippen MR) is 58.7 cm³/mol. The zero-order valence-electron chi connectivity index (χ0n) is 8.20. The normalized spacial score (nSPS) is 22.2. The molecule has 0 aromatic heterocycles. The fraction of sp³-hybridized carbons (Fsp3) is 0.556. The largest absolute Gasteiger partial charge is 0.481 e. The van der Waals surface area contributed by atoms with E-state index in [4.69, 9.17) is 5.11 Å². The maximum atomic E-state index is 11.5. The number of halogens is 1. The molecule has 0 saturated carbocycles. The number of nitrogens with zero attached hydrogens (tertiary/aromatic N) is 1. The van der Waals surface area contributed by atoms with Gasteiger partial charge in [0.1, 0.15) is 6.04 Å². The molecule has 1 unspecified atom stereocenters. The van der Waals surface area contributed by atoms with Crippen molar-refractivity contribution in [3.05, 3.63) is 11.1 Å². The highest BCUT2D eigenvalue weighted by Crippen LogP contribution is 2.13. The summed E-state index contributed by atoms with van der Waals surface area (Å²) in [4.78, 5) is 23.9. The first-order valence-electron chi connectivity index (χ1n) is 4.57. The van der Waals surface area contributed by atoms with Crippen molar-refractivity contribution in [3.8, 4) is 0 Å². The molecular weight excluding hydrogens is 264 g/mol. The van der Waals surface area contributed by atoms with Gasteiger partial charge in [0.05, 0.1) is 6.42 Å². The number of carboxylic acids is 1. The molecule has 1 aliphatic heterocycles. The van der Waals surface area contributed by atoms with E-state index in [1.165, 1.54) is 0 Å². The molecule has 1 amide bonds. The Morgan fingerprint density at radius 3 is 2.93 bits per heavy atom. The molecule has 84 valence electrons. The van der Waals surface area contributed by atoms with Crippen LogP contribution in [0.1, 0.15) is 6.42 Å². The summed E-state index contributed by atoms with van der Waals surface area (Å²) in [5.74, 6) is -1.19. The molecule has 0 aliphatic carbocycles. The van der Waals surface area contributed by atoms with Gasteiger partial charge in [-0.1, -0.05) is 22.5 Å². The molecule has 0 radical (unpaired) electrons. The van der Waals surface area contributed by atoms with E-state index in [0.29, 0.717) is 19.6 Å². The lowest BCUT2D eigenvalue weighted by Gasteiger charge is -2.33. The lowest BCUT2D eigenvalue weighted by molar-refractivity contribution is -0.142. The van der Waals surface area contributed by atoms with Gasteiger partial charge < -0.3 is 10.4 Å². The minimum atomic E-state index is -0.970. The van der Waals surface area contributed by atoms with Crippen molar-refractivity contribution in [2.24, 2.45) is 0 Å². The third kappa shape index (κ3) is 3.64. The van der Waals surface area contributed by atoms with Crippen LogP contribution in [0, 0.1) is 0 Å². The van der Waals surface area contributed by atoms with E-state index < -0.39 is 12.0 Å². The summed E-state index contributed by atoms with van der Waals surface area (Å²) in [5.41, 5.74) is 0. The van der Waals surface area contributed by atoms with Gasteiger partial charge in [-0.3, -0.25) is 14.5 Å². The van der Waals surface area contributed by atoms with Crippen molar-refractivity contribution in [2.45, 2.75) is 12.5 Å². The van der Waals surface area contributed by atoms with Gasteiger partial charge in [-0.25, -0.2) is 0 Å². The first-order valence-corrected chi connectivity index (χ1v) is 5.37. The summed E-state index contributed by atoms with van der Waals surface area (Å²) >= 11 is 3.21. The van der Waals surface area contributed by atoms with Gasteiger partial charge in [0.2, 0.25) is 5.91 Å². The smallest absolute Gasteiger partial charge is 0.305 e. The second kappa shape index (κ2) is 5.27. The third-order valence-corrected chi connectivity index (χ3v) is 2.44. The summed E-state index contributed by atoms with van der Waals surface area (Å²) in [6.07, 6.45) is -0.174. The molecule has 1 aliphatic rings. The van der Waals surface area contributed by atoms with Crippen molar-refractivity contribution in [1.29, 1.82) is 0 Å². The number of carbonyl (C=O) groups is 2. The minimum Gasteiger partial charge on any atom is -0.481 e. The lowest BCUT2D eigenvalue weighted by Crippen LogP contribution is -2.56. The summed E-state index contributed by atoms with van der Waals surface area (Å²) in [5, 5.41) is 11.3. The van der Waals surface area contributed by atoms with Crippen LogP contribution < -0.4 is 5.32 Å². The third-order valence-electron chi connectivity index (χ3n) is 2.18. The van der Waals surface area contributed by atoms with Gasteiger partial charge in [-0.15, -0.1) is 0 Å². The van der Waals surface area contributed by atoms with Crippen LogP contribution in [0.25, 0.3) is 0 Å². The molecule has 0 spiro atoms. The first-order chi connectivity index (χ1) is 7.00. The number of hydrogen-bond acceptors (Lipinski definition) is 3. The highest BCUT2D eigenvalue weighted by molar-refractivity contribution is 9.11. The fourth-order valence-corrected chi connectivity index (χ4v) is 1.88. The van der Waals surface area contributed by atoms with Crippen molar-refractivity contribution in [3.63, 3.8) is 0 Å². The number of hydrogen-bond donors (Lipinski definition) is 2. The van der Waals surface area contributed by atoms with Crippen LogP contribution in [0.2, 0.25) is 0 Å². The van der Waals surface area contributed by atoms with E-state index in [0.717, 1.165) is 4.48 Å². The molecule has 1 saturated heterocycles. The van der Waals surface area contributed by atoms with Crippen LogP contribution in [-0.4, -0.2) is 47.6 Å². The Kier molecular flexibility index (Phi) is 4.28. The van der Waals surface area contributed by atoms with E-state index in [-0.39, 0.29) is 12.3 Å². The van der Waals surface area contributed by atoms with Gasteiger partial charge >= 0.3 is 5.97 Å². The quantitative estimate of drug-likeness (QED) is 0.768. The molecule has 0 aromatic rings. The maximum Gasteiger partial charge on any atom is 0.305 e. The SMILES string of the molecule is C=C(Br)CN1CCNC(=O)C1CC(=O)O. The van der Waals surface area contributed by atoms with Crippen molar-refractivity contribution in [2.75, 3.05) is 19.6 Å². The zero-order valence-corrected chi connectivity index (χ0v) is 9.79. The molecule has 2 N–H and O–H groups in total. The Morgan fingerprint density at radius 2 is 2.40 bits per heavy atom. The monoisotopic (exact) mass is 276 g/mol. The average molecular weight is 277 g/mol. The molecule has 6 heteroatoms. The summed E-state index contributed by atoms with van der Waals surface area (Å²) < 4.78 is 0.743. The summed E-state index contributed by atoms with van der Waals surface area (Å²) in [6, 6.07) is -0.592. The number of carboxylic acid groups (broad SMARTS) is 1. The van der Waals surface area contributed by atoms with E-state index in [1.54, 1.807) is 0 Å². The molecule has 5 nitrogen and oxygen atoms in total. The highest BCUT2D eigenvalue weighted by Gasteiger charge is 2.31. The topological polar surface area (TPSA) is 69.6 Å². The number of amides is 1. The van der Waals surface area contributed by atoms with Crippen molar-refractivity contribution in [1.82, 2.24) is 10.2 Å². The summed E-state index contributed by atoms with van der Waals surface area (Å²) in [6.45, 7) is 5.37. The Morgan fingerprint density at radius 1 is 1.73 bits per heavy atom. The molecule has 1 rings (SSSR count). The van der Waals surface area contributed by atoms with Gasteiger partial charge in [0.25, 0.3) is 0 Å². The predicted octanol–water partition coefficient (Wildman–Crippen LogP) is 0.170. The second-order valence-electron chi connectivity index (χ2n) is 3.39. The molecule has 0 aromatic carbocycles. The van der Waals surface area contributed by atoms with Gasteiger partial charge in [0.15, 0.2) is 0 Å².